The lowest BCUT2D eigenvalue weighted by Gasteiger charge is -2.34. The lowest BCUT2D eigenvalue weighted by Crippen LogP contribution is -2.48. The summed E-state index contributed by atoms with van der Waals surface area (Å²) in [6.07, 6.45) is 9.74. The summed E-state index contributed by atoms with van der Waals surface area (Å²) in [5.41, 5.74) is 2.96. The minimum absolute atomic E-state index is 0.108. The van der Waals surface area contributed by atoms with E-state index in [0.29, 0.717) is 0 Å². The molecule has 1 aliphatic heterocycles. The van der Waals surface area contributed by atoms with E-state index in [9.17, 15) is 4.79 Å². The normalized spacial score (nSPS) is 15.2. The third-order valence-electron chi connectivity index (χ3n) is 5.05. The van der Waals surface area contributed by atoms with Gasteiger partial charge in [0.2, 0.25) is 0 Å². The Balaban J connectivity index is 1.28. The number of hydrogen-bond donors (Lipinski definition) is 0. The predicted octanol–water partition coefficient (Wildman–Crippen LogP) is 3.34. The van der Waals surface area contributed by atoms with E-state index in [1.807, 2.05) is 58.1 Å². The third-order valence-corrected chi connectivity index (χ3v) is 5.05. The van der Waals surface area contributed by atoms with Crippen LogP contribution in [0.1, 0.15) is 15.9 Å². The van der Waals surface area contributed by atoms with Crippen LogP contribution in [-0.4, -0.2) is 58.0 Å². The van der Waals surface area contributed by atoms with Crippen LogP contribution >= 0.6 is 0 Å². The monoisotopic (exact) mass is 372 g/mol. The molecule has 1 amide bonds. The first-order valence-corrected chi connectivity index (χ1v) is 9.61. The van der Waals surface area contributed by atoms with E-state index in [2.05, 4.69) is 34.2 Å². The van der Waals surface area contributed by atoms with E-state index >= 15 is 0 Å². The Bertz CT molecular complexity index is 909. The summed E-state index contributed by atoms with van der Waals surface area (Å²) in [5.74, 6) is 0.108. The average molecular weight is 372 g/mol. The van der Waals surface area contributed by atoms with E-state index < -0.39 is 0 Å². The SMILES string of the molecule is O=C(c1ccc(-n2ccnc2)cc1)N1CCN(C/C=C/c2ccccc2)CC1. The zero-order valence-corrected chi connectivity index (χ0v) is 15.8. The predicted molar refractivity (Wildman–Crippen MR) is 111 cm³/mol. The van der Waals surface area contributed by atoms with Gasteiger partial charge < -0.3 is 9.47 Å². The van der Waals surface area contributed by atoms with Crippen molar-refractivity contribution in [3.05, 3.63) is 90.5 Å². The molecule has 0 aliphatic carbocycles. The summed E-state index contributed by atoms with van der Waals surface area (Å²) in [5, 5.41) is 0. The summed E-state index contributed by atoms with van der Waals surface area (Å²) in [7, 11) is 0. The van der Waals surface area contributed by atoms with Crippen molar-refractivity contribution in [2.75, 3.05) is 32.7 Å². The molecule has 5 nitrogen and oxygen atoms in total. The van der Waals surface area contributed by atoms with Crippen LogP contribution in [0.5, 0.6) is 0 Å². The van der Waals surface area contributed by atoms with Crippen LogP contribution in [0, 0.1) is 0 Å². The number of hydrogen-bond acceptors (Lipinski definition) is 3. The number of imidazole rings is 1. The number of piperazine rings is 1. The highest BCUT2D eigenvalue weighted by molar-refractivity contribution is 5.94. The Kier molecular flexibility index (Phi) is 5.64. The number of benzene rings is 2. The van der Waals surface area contributed by atoms with E-state index in [0.717, 1.165) is 44.0 Å². The van der Waals surface area contributed by atoms with Gasteiger partial charge in [-0.15, -0.1) is 0 Å². The van der Waals surface area contributed by atoms with Crippen LogP contribution in [0.2, 0.25) is 0 Å². The smallest absolute Gasteiger partial charge is 0.253 e. The molecule has 0 N–H and O–H groups in total. The summed E-state index contributed by atoms with van der Waals surface area (Å²) < 4.78 is 1.93. The Morgan fingerprint density at radius 1 is 0.964 bits per heavy atom. The van der Waals surface area contributed by atoms with Crippen molar-refractivity contribution in [2.24, 2.45) is 0 Å². The first-order valence-electron chi connectivity index (χ1n) is 9.61. The van der Waals surface area contributed by atoms with Gasteiger partial charge in [0.15, 0.2) is 0 Å². The topological polar surface area (TPSA) is 41.4 Å². The Labute approximate surface area is 165 Å². The van der Waals surface area contributed by atoms with Gasteiger partial charge in [0.1, 0.15) is 0 Å². The van der Waals surface area contributed by atoms with Crippen molar-refractivity contribution in [1.82, 2.24) is 19.4 Å². The molecule has 0 atom stereocenters. The molecule has 28 heavy (non-hydrogen) atoms. The van der Waals surface area contributed by atoms with Gasteiger partial charge >= 0.3 is 0 Å². The van der Waals surface area contributed by atoms with Crippen molar-refractivity contribution in [3.63, 3.8) is 0 Å². The van der Waals surface area contributed by atoms with Crippen molar-refractivity contribution < 1.29 is 4.79 Å². The number of amides is 1. The first kappa shape index (κ1) is 18.2. The second-order valence-electron chi connectivity index (χ2n) is 6.92. The van der Waals surface area contributed by atoms with Gasteiger partial charge in [0.05, 0.1) is 6.33 Å². The van der Waals surface area contributed by atoms with Gasteiger partial charge in [0, 0.05) is 56.4 Å². The largest absolute Gasteiger partial charge is 0.336 e. The molecule has 0 unspecified atom stereocenters. The Morgan fingerprint density at radius 2 is 1.71 bits per heavy atom. The molecular formula is C23H24N4O. The third kappa shape index (κ3) is 4.38. The highest BCUT2D eigenvalue weighted by Gasteiger charge is 2.21. The molecule has 1 saturated heterocycles. The number of carbonyl (C=O) groups is 1. The minimum Gasteiger partial charge on any atom is -0.336 e. The fourth-order valence-corrected chi connectivity index (χ4v) is 3.41. The first-order chi connectivity index (χ1) is 13.8. The Hall–Kier alpha value is -3.18. The zero-order valence-electron chi connectivity index (χ0n) is 15.8. The molecule has 142 valence electrons. The molecule has 4 rings (SSSR count). The van der Waals surface area contributed by atoms with Gasteiger partial charge in [0.25, 0.3) is 5.91 Å². The van der Waals surface area contributed by atoms with Gasteiger partial charge in [-0.2, -0.15) is 0 Å². The van der Waals surface area contributed by atoms with E-state index in [1.165, 1.54) is 5.56 Å². The van der Waals surface area contributed by atoms with Crippen LogP contribution < -0.4 is 0 Å². The fraction of sp³-hybridized carbons (Fsp3) is 0.217. The Morgan fingerprint density at radius 3 is 2.39 bits per heavy atom. The molecule has 2 heterocycles. The molecule has 5 heteroatoms. The highest BCUT2D eigenvalue weighted by atomic mass is 16.2. The molecule has 1 aromatic heterocycles. The van der Waals surface area contributed by atoms with Crippen LogP contribution in [-0.2, 0) is 0 Å². The molecule has 0 saturated carbocycles. The molecular weight excluding hydrogens is 348 g/mol. The van der Waals surface area contributed by atoms with Crippen LogP contribution in [0.3, 0.4) is 0 Å². The van der Waals surface area contributed by atoms with Gasteiger partial charge in [-0.05, 0) is 29.8 Å². The van der Waals surface area contributed by atoms with Crippen molar-refractivity contribution in [3.8, 4) is 5.69 Å². The highest BCUT2D eigenvalue weighted by Crippen LogP contribution is 2.13. The lowest BCUT2D eigenvalue weighted by molar-refractivity contribution is 0.0650. The molecule has 0 radical (unpaired) electrons. The fourth-order valence-electron chi connectivity index (χ4n) is 3.41. The maximum absolute atomic E-state index is 12.8. The molecule has 0 spiro atoms. The van der Waals surface area contributed by atoms with E-state index in [4.69, 9.17) is 0 Å². The van der Waals surface area contributed by atoms with Gasteiger partial charge in [-0.25, -0.2) is 4.98 Å². The summed E-state index contributed by atoms with van der Waals surface area (Å²) in [4.78, 5) is 21.2. The lowest BCUT2D eigenvalue weighted by atomic mass is 10.1. The second-order valence-corrected chi connectivity index (χ2v) is 6.92. The molecule has 1 aliphatic rings. The molecule has 3 aromatic rings. The van der Waals surface area contributed by atoms with Crippen LogP contribution in [0.4, 0.5) is 0 Å². The quantitative estimate of drug-likeness (QED) is 0.690. The van der Waals surface area contributed by atoms with Crippen LogP contribution in [0.25, 0.3) is 11.8 Å². The standard InChI is InChI=1S/C23H24N4O/c28-23(21-8-10-22(11-9-21)27-14-12-24-19-27)26-17-15-25(16-18-26)13-4-7-20-5-2-1-3-6-20/h1-12,14,19H,13,15-18H2/b7-4+. The van der Waals surface area contributed by atoms with Gasteiger partial charge in [-0.1, -0.05) is 42.5 Å². The molecule has 2 aromatic carbocycles. The van der Waals surface area contributed by atoms with Crippen molar-refractivity contribution in [1.29, 1.82) is 0 Å². The average Bonchev–Trinajstić information content (AvgIpc) is 3.30. The maximum atomic E-state index is 12.8. The number of aromatic nitrogens is 2. The molecule has 0 bridgehead atoms. The molecule has 1 fully saturated rings. The van der Waals surface area contributed by atoms with Crippen molar-refractivity contribution in [2.45, 2.75) is 0 Å². The van der Waals surface area contributed by atoms with E-state index in [-0.39, 0.29) is 5.91 Å². The number of carbonyl (C=O) groups excluding carboxylic acids is 1. The summed E-state index contributed by atoms with van der Waals surface area (Å²) in [6.45, 7) is 4.25. The summed E-state index contributed by atoms with van der Waals surface area (Å²) in [6, 6.07) is 18.0. The number of rotatable bonds is 5. The van der Waals surface area contributed by atoms with E-state index in [1.54, 1.807) is 12.5 Å². The second kappa shape index (κ2) is 8.67. The number of nitrogens with zero attached hydrogens (tertiary/aromatic N) is 4. The minimum atomic E-state index is 0.108. The zero-order chi connectivity index (χ0) is 19.2. The van der Waals surface area contributed by atoms with Crippen LogP contribution in [0.15, 0.2) is 79.4 Å². The van der Waals surface area contributed by atoms with Gasteiger partial charge in [-0.3, -0.25) is 9.69 Å². The summed E-state index contributed by atoms with van der Waals surface area (Å²) >= 11 is 0. The van der Waals surface area contributed by atoms with Crippen molar-refractivity contribution >= 4 is 12.0 Å². The maximum Gasteiger partial charge on any atom is 0.253 e.